The molecule has 4 heteroatoms. The molecule has 2 aromatic rings. The number of anilines is 1. The van der Waals surface area contributed by atoms with E-state index in [-0.39, 0.29) is 11.7 Å². The molecule has 1 atom stereocenters. The molecule has 0 amide bonds. The minimum atomic E-state index is -1.43. The van der Waals surface area contributed by atoms with Gasteiger partial charge in [-0.15, -0.1) is 0 Å². The highest BCUT2D eigenvalue weighted by Crippen LogP contribution is 2.43. The maximum absolute atomic E-state index is 13.3. The topological polar surface area (TPSA) is 12.0 Å². The Morgan fingerprint density at radius 1 is 0.950 bits per heavy atom. The molecule has 1 unspecified atom stereocenters. The van der Waals surface area contributed by atoms with Crippen LogP contribution in [0.25, 0.3) is 0 Å². The van der Waals surface area contributed by atoms with Gasteiger partial charge in [0.05, 0.1) is 6.04 Å². The minimum absolute atomic E-state index is 0.000427. The van der Waals surface area contributed by atoms with Gasteiger partial charge in [0.1, 0.15) is 0 Å². The number of hydrogen-bond acceptors (Lipinski definition) is 1. The van der Waals surface area contributed by atoms with Crippen LogP contribution < -0.4 is 5.32 Å². The summed E-state index contributed by atoms with van der Waals surface area (Å²) < 4.78 is 39.5. The summed E-state index contributed by atoms with van der Waals surface area (Å²) in [6.07, 6.45) is 2.16. The van der Waals surface area contributed by atoms with Gasteiger partial charge in [-0.2, -0.15) is 0 Å². The Hall–Kier alpha value is -1.97. The van der Waals surface area contributed by atoms with Crippen molar-refractivity contribution in [2.45, 2.75) is 18.9 Å². The van der Waals surface area contributed by atoms with E-state index in [1.807, 2.05) is 30.3 Å². The molecule has 1 N–H and O–H groups in total. The second-order valence-electron chi connectivity index (χ2n) is 5.12. The van der Waals surface area contributed by atoms with Crippen LogP contribution in [0.4, 0.5) is 18.9 Å². The molecule has 1 nitrogen and oxygen atoms in total. The highest BCUT2D eigenvalue weighted by Gasteiger charge is 2.32. The molecular formula is C16H14F3N. The van der Waals surface area contributed by atoms with Crippen molar-refractivity contribution in [3.05, 3.63) is 65.5 Å². The van der Waals surface area contributed by atoms with Crippen LogP contribution in [0.1, 0.15) is 24.4 Å². The lowest BCUT2D eigenvalue weighted by Gasteiger charge is -2.20. The van der Waals surface area contributed by atoms with Crippen LogP contribution in [-0.2, 0) is 0 Å². The van der Waals surface area contributed by atoms with Gasteiger partial charge in [0.25, 0.3) is 0 Å². The van der Waals surface area contributed by atoms with Crippen LogP contribution in [0.3, 0.4) is 0 Å². The molecule has 0 aromatic heterocycles. The summed E-state index contributed by atoms with van der Waals surface area (Å²) in [6, 6.07) is 11.7. The quantitative estimate of drug-likeness (QED) is 0.801. The SMILES string of the molecule is Fc1cc(NC(c2ccccc2)C2CC2)cc(F)c1F. The number of benzene rings is 2. The van der Waals surface area contributed by atoms with Crippen LogP contribution in [0.2, 0.25) is 0 Å². The van der Waals surface area contributed by atoms with E-state index in [4.69, 9.17) is 0 Å². The molecule has 1 saturated carbocycles. The summed E-state index contributed by atoms with van der Waals surface area (Å²) >= 11 is 0. The molecule has 0 saturated heterocycles. The monoisotopic (exact) mass is 277 g/mol. The highest BCUT2D eigenvalue weighted by molar-refractivity contribution is 5.47. The first-order valence-corrected chi connectivity index (χ1v) is 6.61. The average Bonchev–Trinajstić information content (AvgIpc) is 3.27. The van der Waals surface area contributed by atoms with Crippen LogP contribution >= 0.6 is 0 Å². The van der Waals surface area contributed by atoms with Crippen LogP contribution in [0.15, 0.2) is 42.5 Å². The lowest BCUT2D eigenvalue weighted by atomic mass is 10.0. The molecule has 0 aliphatic heterocycles. The third-order valence-electron chi connectivity index (χ3n) is 3.56. The van der Waals surface area contributed by atoms with Crippen molar-refractivity contribution >= 4 is 5.69 Å². The third-order valence-corrected chi connectivity index (χ3v) is 3.56. The first-order chi connectivity index (χ1) is 9.65. The highest BCUT2D eigenvalue weighted by atomic mass is 19.2. The van der Waals surface area contributed by atoms with Crippen LogP contribution in [0, 0.1) is 23.4 Å². The van der Waals surface area contributed by atoms with E-state index < -0.39 is 17.5 Å². The fraction of sp³-hybridized carbons (Fsp3) is 0.250. The predicted molar refractivity (Wildman–Crippen MR) is 71.8 cm³/mol. The van der Waals surface area contributed by atoms with Gasteiger partial charge in [-0.05, 0) is 24.3 Å². The Kier molecular flexibility index (Phi) is 3.38. The van der Waals surface area contributed by atoms with Crippen molar-refractivity contribution in [3.63, 3.8) is 0 Å². The van der Waals surface area contributed by atoms with E-state index >= 15 is 0 Å². The molecule has 0 spiro atoms. The lowest BCUT2D eigenvalue weighted by Crippen LogP contribution is -2.13. The van der Waals surface area contributed by atoms with E-state index in [2.05, 4.69) is 5.32 Å². The first kappa shape index (κ1) is 13.0. The Bertz CT molecular complexity index is 585. The maximum atomic E-state index is 13.3. The van der Waals surface area contributed by atoms with E-state index in [1.165, 1.54) is 0 Å². The molecular weight excluding hydrogens is 263 g/mol. The largest absolute Gasteiger partial charge is 0.378 e. The standard InChI is InChI=1S/C16H14F3N/c17-13-8-12(9-14(18)15(13)19)20-16(11-6-7-11)10-4-2-1-3-5-10/h1-5,8-9,11,16,20H,6-7H2. The Morgan fingerprint density at radius 2 is 1.55 bits per heavy atom. The van der Waals surface area contributed by atoms with E-state index in [1.54, 1.807) is 0 Å². The smallest absolute Gasteiger partial charge is 0.194 e. The van der Waals surface area contributed by atoms with E-state index in [0.717, 1.165) is 30.5 Å². The van der Waals surface area contributed by atoms with Crippen molar-refractivity contribution in [1.82, 2.24) is 0 Å². The fourth-order valence-corrected chi connectivity index (χ4v) is 2.38. The van der Waals surface area contributed by atoms with Crippen LogP contribution in [0.5, 0.6) is 0 Å². The normalized spacial score (nSPS) is 15.9. The van der Waals surface area contributed by atoms with Gasteiger partial charge in [0.2, 0.25) is 0 Å². The van der Waals surface area contributed by atoms with Gasteiger partial charge in [-0.1, -0.05) is 30.3 Å². The van der Waals surface area contributed by atoms with Gasteiger partial charge < -0.3 is 5.32 Å². The molecule has 1 aliphatic carbocycles. The Morgan fingerprint density at radius 3 is 2.10 bits per heavy atom. The van der Waals surface area contributed by atoms with Crippen molar-refractivity contribution in [2.24, 2.45) is 5.92 Å². The van der Waals surface area contributed by atoms with E-state index in [0.29, 0.717) is 5.92 Å². The Balaban J connectivity index is 1.88. The van der Waals surface area contributed by atoms with Gasteiger partial charge in [0.15, 0.2) is 17.5 Å². The zero-order valence-electron chi connectivity index (χ0n) is 10.7. The third kappa shape index (κ3) is 2.64. The molecule has 0 heterocycles. The van der Waals surface area contributed by atoms with Crippen molar-refractivity contribution in [3.8, 4) is 0 Å². The number of nitrogens with one attached hydrogen (secondary N) is 1. The zero-order chi connectivity index (χ0) is 14.1. The van der Waals surface area contributed by atoms with E-state index in [9.17, 15) is 13.2 Å². The van der Waals surface area contributed by atoms with Crippen molar-refractivity contribution < 1.29 is 13.2 Å². The van der Waals surface area contributed by atoms with Crippen molar-refractivity contribution in [1.29, 1.82) is 0 Å². The molecule has 0 bridgehead atoms. The summed E-state index contributed by atoms with van der Waals surface area (Å²) in [4.78, 5) is 0. The predicted octanol–water partition coefficient (Wildman–Crippen LogP) is 4.67. The number of hydrogen-bond donors (Lipinski definition) is 1. The lowest BCUT2D eigenvalue weighted by molar-refractivity contribution is 0.447. The summed E-state index contributed by atoms with van der Waals surface area (Å²) in [5.41, 5.74) is 1.34. The first-order valence-electron chi connectivity index (χ1n) is 6.61. The molecule has 2 aromatic carbocycles. The summed E-state index contributed by atoms with van der Waals surface area (Å²) in [6.45, 7) is 0. The second-order valence-corrected chi connectivity index (χ2v) is 5.12. The zero-order valence-corrected chi connectivity index (χ0v) is 10.7. The van der Waals surface area contributed by atoms with Gasteiger partial charge in [0, 0.05) is 17.8 Å². The van der Waals surface area contributed by atoms with Gasteiger partial charge in [-0.3, -0.25) is 0 Å². The second kappa shape index (κ2) is 5.19. The minimum Gasteiger partial charge on any atom is -0.378 e. The molecule has 0 radical (unpaired) electrons. The molecule has 1 aliphatic rings. The molecule has 20 heavy (non-hydrogen) atoms. The molecule has 3 rings (SSSR count). The molecule has 1 fully saturated rings. The summed E-state index contributed by atoms with van der Waals surface area (Å²) in [5, 5.41) is 3.12. The molecule has 104 valence electrons. The maximum Gasteiger partial charge on any atom is 0.194 e. The fourth-order valence-electron chi connectivity index (χ4n) is 2.38. The summed E-state index contributed by atoms with van der Waals surface area (Å²) in [7, 11) is 0. The van der Waals surface area contributed by atoms with Crippen LogP contribution in [-0.4, -0.2) is 0 Å². The number of rotatable bonds is 4. The van der Waals surface area contributed by atoms with Gasteiger partial charge in [-0.25, -0.2) is 13.2 Å². The van der Waals surface area contributed by atoms with Gasteiger partial charge >= 0.3 is 0 Å². The Labute approximate surface area is 115 Å². The van der Waals surface area contributed by atoms with Crippen molar-refractivity contribution in [2.75, 3.05) is 5.32 Å². The summed E-state index contributed by atoms with van der Waals surface area (Å²) in [5.74, 6) is -3.32. The average molecular weight is 277 g/mol. The number of halogens is 3.